The number of amides is 1. The molecule has 0 fully saturated rings. The fourth-order valence-electron chi connectivity index (χ4n) is 2.80. The zero-order chi connectivity index (χ0) is 17.5. The molecule has 3 aromatic rings. The summed E-state index contributed by atoms with van der Waals surface area (Å²) in [5, 5.41) is 3.19. The fraction of sp³-hybridized carbons (Fsp3) is 0.136. The number of carbonyl (C=O) groups excluding carboxylic acids is 1. The first kappa shape index (κ1) is 17.4. The van der Waals surface area contributed by atoms with Gasteiger partial charge in [0, 0.05) is 10.9 Å². The Hall–Kier alpha value is -2.39. The predicted octanol–water partition coefficient (Wildman–Crippen LogP) is 5.29. The number of carbonyl (C=O) groups is 1. The van der Waals surface area contributed by atoms with Crippen molar-refractivity contribution in [2.45, 2.75) is 18.9 Å². The summed E-state index contributed by atoms with van der Waals surface area (Å²) in [6, 6.07) is 28.1. The minimum atomic E-state index is -0.141. The second-order valence-electron chi connectivity index (χ2n) is 5.95. The molecular weight excluding hydrogens is 374 g/mol. The van der Waals surface area contributed by atoms with Crippen molar-refractivity contribution in [1.82, 2.24) is 5.32 Å². The van der Waals surface area contributed by atoms with Gasteiger partial charge in [-0.3, -0.25) is 4.79 Å². The van der Waals surface area contributed by atoms with Gasteiger partial charge in [0.2, 0.25) is 5.91 Å². The van der Waals surface area contributed by atoms with Crippen molar-refractivity contribution in [3.05, 3.63) is 106 Å². The lowest BCUT2D eigenvalue weighted by molar-refractivity contribution is -0.121. The molecule has 0 spiro atoms. The average molecular weight is 394 g/mol. The number of aryl methyl sites for hydroxylation is 1. The van der Waals surface area contributed by atoms with E-state index in [1.165, 1.54) is 5.56 Å². The highest BCUT2D eigenvalue weighted by atomic mass is 79.9. The Bertz CT molecular complexity index is 800. The highest BCUT2D eigenvalue weighted by Gasteiger charge is 2.16. The third-order valence-corrected chi connectivity index (χ3v) is 4.65. The smallest absolute Gasteiger partial charge is 0.221 e. The number of rotatable bonds is 6. The summed E-state index contributed by atoms with van der Waals surface area (Å²) in [4.78, 5) is 12.5. The van der Waals surface area contributed by atoms with Crippen LogP contribution >= 0.6 is 15.9 Å². The van der Waals surface area contributed by atoms with Crippen LogP contribution in [0.5, 0.6) is 0 Å². The third kappa shape index (κ3) is 5.04. The van der Waals surface area contributed by atoms with E-state index in [1.54, 1.807) is 0 Å². The average Bonchev–Trinajstić information content (AvgIpc) is 2.67. The van der Waals surface area contributed by atoms with Crippen LogP contribution in [0.4, 0.5) is 0 Å². The van der Waals surface area contributed by atoms with Crippen LogP contribution in [0.1, 0.15) is 29.2 Å². The number of hydrogen-bond donors (Lipinski definition) is 1. The van der Waals surface area contributed by atoms with E-state index < -0.39 is 0 Å². The highest BCUT2D eigenvalue weighted by Crippen LogP contribution is 2.24. The Labute approximate surface area is 157 Å². The van der Waals surface area contributed by atoms with Crippen LogP contribution < -0.4 is 5.32 Å². The summed E-state index contributed by atoms with van der Waals surface area (Å²) < 4.78 is 1.03. The molecule has 0 saturated carbocycles. The molecule has 3 rings (SSSR count). The van der Waals surface area contributed by atoms with Gasteiger partial charge in [0.1, 0.15) is 0 Å². The lowest BCUT2D eigenvalue weighted by Gasteiger charge is -2.20. The van der Waals surface area contributed by atoms with E-state index in [9.17, 15) is 4.79 Å². The van der Waals surface area contributed by atoms with Gasteiger partial charge in [0.15, 0.2) is 0 Å². The van der Waals surface area contributed by atoms with E-state index >= 15 is 0 Å². The Morgan fingerprint density at radius 1 is 0.800 bits per heavy atom. The third-order valence-electron chi connectivity index (χ3n) is 4.13. The second-order valence-corrected chi connectivity index (χ2v) is 6.86. The van der Waals surface area contributed by atoms with Gasteiger partial charge in [-0.25, -0.2) is 0 Å². The summed E-state index contributed by atoms with van der Waals surface area (Å²) >= 11 is 3.47. The topological polar surface area (TPSA) is 29.1 Å². The number of hydrogen-bond acceptors (Lipinski definition) is 1. The first-order valence-corrected chi connectivity index (χ1v) is 9.15. The Morgan fingerprint density at radius 2 is 1.36 bits per heavy atom. The summed E-state index contributed by atoms with van der Waals surface area (Å²) in [6.45, 7) is 0. The van der Waals surface area contributed by atoms with Crippen molar-refractivity contribution in [2.75, 3.05) is 0 Å². The summed E-state index contributed by atoms with van der Waals surface area (Å²) in [7, 11) is 0. The van der Waals surface area contributed by atoms with Crippen LogP contribution in [0.2, 0.25) is 0 Å². The molecule has 1 atom stereocenters. The van der Waals surface area contributed by atoms with Crippen LogP contribution in [0.25, 0.3) is 0 Å². The maximum Gasteiger partial charge on any atom is 0.221 e. The lowest BCUT2D eigenvalue weighted by Crippen LogP contribution is -2.29. The van der Waals surface area contributed by atoms with Crippen LogP contribution in [0.15, 0.2) is 89.4 Å². The van der Waals surface area contributed by atoms with E-state index in [0.717, 1.165) is 22.0 Å². The molecule has 3 heteroatoms. The quantitative estimate of drug-likeness (QED) is 0.605. The molecule has 3 aromatic carbocycles. The summed E-state index contributed by atoms with van der Waals surface area (Å²) in [5.74, 6) is 0.0561. The Morgan fingerprint density at radius 3 is 2.00 bits per heavy atom. The molecule has 2 nitrogen and oxygen atoms in total. The van der Waals surface area contributed by atoms with Gasteiger partial charge < -0.3 is 5.32 Å². The fourth-order valence-corrected chi connectivity index (χ4v) is 3.06. The predicted molar refractivity (Wildman–Crippen MR) is 105 cm³/mol. The van der Waals surface area contributed by atoms with Crippen LogP contribution in [0.3, 0.4) is 0 Å². The van der Waals surface area contributed by atoms with Crippen molar-refractivity contribution < 1.29 is 4.79 Å². The molecule has 1 amide bonds. The van der Waals surface area contributed by atoms with Gasteiger partial charge in [-0.05, 0) is 35.2 Å². The van der Waals surface area contributed by atoms with Crippen molar-refractivity contribution in [2.24, 2.45) is 0 Å². The SMILES string of the molecule is O=C(CCc1ccccc1)N[C@@H](c1ccccc1)c1ccc(Br)cc1. The number of benzene rings is 3. The number of nitrogens with one attached hydrogen (secondary N) is 1. The minimum Gasteiger partial charge on any atom is -0.345 e. The van der Waals surface area contributed by atoms with Crippen molar-refractivity contribution in [3.63, 3.8) is 0 Å². The van der Waals surface area contributed by atoms with E-state index in [2.05, 4.69) is 33.4 Å². The first-order chi connectivity index (χ1) is 12.2. The molecule has 0 saturated heterocycles. The maximum absolute atomic E-state index is 12.5. The molecule has 0 aliphatic heterocycles. The highest BCUT2D eigenvalue weighted by molar-refractivity contribution is 9.10. The lowest BCUT2D eigenvalue weighted by atomic mass is 9.98. The molecule has 25 heavy (non-hydrogen) atoms. The summed E-state index contributed by atoms with van der Waals surface area (Å²) in [6.07, 6.45) is 1.22. The molecule has 0 aromatic heterocycles. The minimum absolute atomic E-state index is 0.0561. The Balaban J connectivity index is 1.73. The van der Waals surface area contributed by atoms with E-state index in [-0.39, 0.29) is 11.9 Å². The molecule has 0 aliphatic rings. The second kappa shape index (κ2) is 8.63. The molecular formula is C22H20BrNO. The van der Waals surface area contributed by atoms with Crippen molar-refractivity contribution >= 4 is 21.8 Å². The van der Waals surface area contributed by atoms with Crippen LogP contribution in [-0.2, 0) is 11.2 Å². The molecule has 0 aliphatic carbocycles. The van der Waals surface area contributed by atoms with Gasteiger partial charge in [-0.2, -0.15) is 0 Å². The number of halogens is 1. The van der Waals surface area contributed by atoms with E-state index in [1.807, 2.05) is 72.8 Å². The van der Waals surface area contributed by atoms with Crippen molar-refractivity contribution in [3.8, 4) is 0 Å². The zero-order valence-electron chi connectivity index (χ0n) is 13.9. The molecule has 126 valence electrons. The molecule has 0 unspecified atom stereocenters. The molecule has 0 radical (unpaired) electrons. The molecule has 0 heterocycles. The van der Waals surface area contributed by atoms with Gasteiger partial charge in [0.05, 0.1) is 6.04 Å². The van der Waals surface area contributed by atoms with Gasteiger partial charge in [0.25, 0.3) is 0 Å². The standard InChI is InChI=1S/C22H20BrNO/c23-20-14-12-19(13-15-20)22(18-9-5-2-6-10-18)24-21(25)16-11-17-7-3-1-4-8-17/h1-10,12-15,22H,11,16H2,(H,24,25)/t22-/m0/s1. The molecule has 0 bridgehead atoms. The van der Waals surface area contributed by atoms with Crippen LogP contribution in [-0.4, -0.2) is 5.91 Å². The van der Waals surface area contributed by atoms with E-state index in [4.69, 9.17) is 0 Å². The Kier molecular flexibility index (Phi) is 6.02. The van der Waals surface area contributed by atoms with Crippen molar-refractivity contribution in [1.29, 1.82) is 0 Å². The first-order valence-electron chi connectivity index (χ1n) is 8.36. The summed E-state index contributed by atoms with van der Waals surface area (Å²) in [5.41, 5.74) is 3.33. The maximum atomic E-state index is 12.5. The zero-order valence-corrected chi connectivity index (χ0v) is 15.4. The van der Waals surface area contributed by atoms with Crippen LogP contribution in [0, 0.1) is 0 Å². The van der Waals surface area contributed by atoms with Gasteiger partial charge >= 0.3 is 0 Å². The molecule has 1 N–H and O–H groups in total. The van der Waals surface area contributed by atoms with Gasteiger partial charge in [-0.15, -0.1) is 0 Å². The monoisotopic (exact) mass is 393 g/mol. The largest absolute Gasteiger partial charge is 0.345 e. The van der Waals surface area contributed by atoms with Gasteiger partial charge in [-0.1, -0.05) is 88.7 Å². The normalized spacial score (nSPS) is 11.7. The van der Waals surface area contributed by atoms with E-state index in [0.29, 0.717) is 6.42 Å².